The number of fused-ring (bicyclic) bond motifs is 1. The Labute approximate surface area is 147 Å². The summed E-state index contributed by atoms with van der Waals surface area (Å²) in [5.74, 6) is -1.17. The van der Waals surface area contributed by atoms with Gasteiger partial charge in [0.15, 0.2) is 0 Å². The van der Waals surface area contributed by atoms with Gasteiger partial charge in [-0.05, 0) is 42.5 Å². The number of alkyl halides is 6. The van der Waals surface area contributed by atoms with E-state index < -0.39 is 29.4 Å². The molecule has 0 radical (unpaired) electrons. The average Bonchev–Trinajstić information content (AvgIpc) is 2.58. The van der Waals surface area contributed by atoms with Crippen LogP contribution in [0.3, 0.4) is 0 Å². The van der Waals surface area contributed by atoms with Gasteiger partial charge in [-0.25, -0.2) is 9.78 Å². The fourth-order valence-corrected chi connectivity index (χ4v) is 2.52. The Morgan fingerprint density at radius 3 is 1.93 bits per heavy atom. The second-order valence-electron chi connectivity index (χ2n) is 5.70. The Hall–Kier alpha value is -3.10. The predicted octanol–water partition coefficient (Wildman–Crippen LogP) is 5.64. The lowest BCUT2D eigenvalue weighted by Gasteiger charge is -2.14. The molecule has 0 aliphatic carbocycles. The van der Waals surface area contributed by atoms with Crippen LogP contribution in [0.5, 0.6) is 0 Å². The van der Waals surface area contributed by atoms with Crippen molar-refractivity contribution in [1.82, 2.24) is 4.98 Å². The second-order valence-corrected chi connectivity index (χ2v) is 5.70. The highest BCUT2D eigenvalue weighted by Crippen LogP contribution is 2.38. The minimum Gasteiger partial charge on any atom is -0.478 e. The first-order valence-corrected chi connectivity index (χ1v) is 7.39. The molecule has 3 aromatic rings. The molecule has 0 spiro atoms. The van der Waals surface area contributed by atoms with E-state index in [1.807, 2.05) is 0 Å². The van der Waals surface area contributed by atoms with Crippen LogP contribution in [0, 0.1) is 0 Å². The minimum absolute atomic E-state index is 0.0181. The molecule has 0 bridgehead atoms. The van der Waals surface area contributed by atoms with Crippen LogP contribution in [0.1, 0.15) is 21.5 Å². The SMILES string of the molecule is O=C(O)c1ccc2nc(-c3cc(C(F)(F)F)cc(C(F)(F)F)c3)ccc2c1. The molecule has 1 heterocycles. The molecular weight excluding hydrogens is 376 g/mol. The van der Waals surface area contributed by atoms with Gasteiger partial charge >= 0.3 is 18.3 Å². The first-order valence-electron chi connectivity index (χ1n) is 7.39. The van der Waals surface area contributed by atoms with Crippen LogP contribution in [0.4, 0.5) is 26.3 Å². The van der Waals surface area contributed by atoms with Crippen molar-refractivity contribution in [1.29, 1.82) is 0 Å². The molecule has 27 heavy (non-hydrogen) atoms. The number of carbonyl (C=O) groups is 1. The maximum absolute atomic E-state index is 13.0. The third-order valence-electron chi connectivity index (χ3n) is 3.82. The van der Waals surface area contributed by atoms with Gasteiger partial charge in [-0.3, -0.25) is 0 Å². The van der Waals surface area contributed by atoms with Gasteiger partial charge in [0.1, 0.15) is 0 Å². The smallest absolute Gasteiger partial charge is 0.416 e. The lowest BCUT2D eigenvalue weighted by Crippen LogP contribution is -2.11. The van der Waals surface area contributed by atoms with E-state index in [4.69, 9.17) is 5.11 Å². The van der Waals surface area contributed by atoms with Crippen molar-refractivity contribution in [2.75, 3.05) is 0 Å². The Balaban J connectivity index is 2.17. The molecule has 0 atom stereocenters. The average molecular weight is 385 g/mol. The molecule has 2 aromatic carbocycles. The summed E-state index contributed by atoms with van der Waals surface area (Å²) in [4.78, 5) is 15.0. The largest absolute Gasteiger partial charge is 0.478 e. The zero-order valence-corrected chi connectivity index (χ0v) is 13.2. The number of aromatic carboxylic acids is 1. The van der Waals surface area contributed by atoms with E-state index in [-0.39, 0.29) is 28.4 Å². The van der Waals surface area contributed by atoms with Crippen molar-refractivity contribution >= 4 is 16.9 Å². The standard InChI is InChI=1S/C18H9F6NO2/c19-17(20,21)12-6-11(7-13(8-12)18(22,23)24)15-3-1-9-5-10(16(26)27)2-4-14(9)25-15/h1-8H,(H,26,27). The Kier molecular flexibility index (Phi) is 4.33. The Morgan fingerprint density at radius 1 is 0.815 bits per heavy atom. The molecular formula is C18H9F6NO2. The van der Waals surface area contributed by atoms with Crippen LogP contribution in [0.25, 0.3) is 22.2 Å². The van der Waals surface area contributed by atoms with Crippen molar-refractivity contribution in [3.8, 4) is 11.3 Å². The summed E-state index contributed by atoms with van der Waals surface area (Å²) < 4.78 is 77.9. The maximum Gasteiger partial charge on any atom is 0.416 e. The van der Waals surface area contributed by atoms with Crippen molar-refractivity contribution in [2.45, 2.75) is 12.4 Å². The van der Waals surface area contributed by atoms with E-state index in [2.05, 4.69) is 4.98 Å². The fourth-order valence-electron chi connectivity index (χ4n) is 2.52. The summed E-state index contributed by atoms with van der Waals surface area (Å²) in [6.45, 7) is 0. The number of carboxylic acid groups (broad SMARTS) is 1. The highest BCUT2D eigenvalue weighted by atomic mass is 19.4. The van der Waals surface area contributed by atoms with Crippen LogP contribution >= 0.6 is 0 Å². The van der Waals surface area contributed by atoms with Gasteiger partial charge in [-0.15, -0.1) is 0 Å². The van der Waals surface area contributed by atoms with Crippen molar-refractivity contribution < 1.29 is 36.2 Å². The number of benzene rings is 2. The summed E-state index contributed by atoms with van der Waals surface area (Å²) in [6.07, 6.45) is -9.91. The van der Waals surface area contributed by atoms with E-state index in [0.717, 1.165) is 0 Å². The van der Waals surface area contributed by atoms with Crippen LogP contribution in [-0.4, -0.2) is 16.1 Å². The predicted molar refractivity (Wildman–Crippen MR) is 84.1 cm³/mol. The van der Waals surface area contributed by atoms with Crippen molar-refractivity contribution in [2.24, 2.45) is 0 Å². The van der Waals surface area contributed by atoms with Crippen LogP contribution in [-0.2, 0) is 12.4 Å². The van der Waals surface area contributed by atoms with Gasteiger partial charge in [0.2, 0.25) is 0 Å². The first-order chi connectivity index (χ1) is 12.4. The number of carboxylic acids is 1. The van der Waals surface area contributed by atoms with Gasteiger partial charge in [-0.1, -0.05) is 6.07 Å². The molecule has 0 aliphatic rings. The highest BCUT2D eigenvalue weighted by Gasteiger charge is 2.37. The molecule has 1 aromatic heterocycles. The molecule has 3 nitrogen and oxygen atoms in total. The van der Waals surface area contributed by atoms with Crippen LogP contribution < -0.4 is 0 Å². The summed E-state index contributed by atoms with van der Waals surface area (Å²) >= 11 is 0. The molecule has 3 rings (SSSR count). The Morgan fingerprint density at radius 2 is 1.41 bits per heavy atom. The molecule has 1 N–H and O–H groups in total. The topological polar surface area (TPSA) is 50.2 Å². The van der Waals surface area contributed by atoms with Gasteiger partial charge in [0.25, 0.3) is 0 Å². The summed E-state index contributed by atoms with van der Waals surface area (Å²) in [7, 11) is 0. The maximum atomic E-state index is 13.0. The van der Waals surface area contributed by atoms with Crippen LogP contribution in [0.15, 0.2) is 48.5 Å². The minimum atomic E-state index is -4.96. The van der Waals surface area contributed by atoms with E-state index in [1.54, 1.807) is 0 Å². The molecule has 0 saturated carbocycles. The molecule has 0 aliphatic heterocycles. The lowest BCUT2D eigenvalue weighted by molar-refractivity contribution is -0.143. The third-order valence-corrected chi connectivity index (χ3v) is 3.82. The van der Waals surface area contributed by atoms with Gasteiger partial charge in [0.05, 0.1) is 27.9 Å². The molecule has 0 amide bonds. The van der Waals surface area contributed by atoms with E-state index in [9.17, 15) is 31.1 Å². The van der Waals surface area contributed by atoms with E-state index >= 15 is 0 Å². The first kappa shape index (κ1) is 18.7. The highest BCUT2D eigenvalue weighted by molar-refractivity contribution is 5.93. The number of hydrogen-bond donors (Lipinski definition) is 1. The molecule has 0 unspecified atom stereocenters. The normalized spacial score (nSPS) is 12.4. The van der Waals surface area contributed by atoms with Crippen LogP contribution in [0.2, 0.25) is 0 Å². The summed E-state index contributed by atoms with van der Waals surface area (Å²) in [5, 5.41) is 9.35. The van der Waals surface area contributed by atoms with Gasteiger partial charge < -0.3 is 5.11 Å². The molecule has 140 valence electrons. The van der Waals surface area contributed by atoms with Gasteiger partial charge in [0, 0.05) is 10.9 Å². The summed E-state index contributed by atoms with van der Waals surface area (Å²) in [6, 6.07) is 7.74. The zero-order valence-electron chi connectivity index (χ0n) is 13.2. The van der Waals surface area contributed by atoms with Crippen molar-refractivity contribution in [3.05, 3.63) is 65.2 Å². The number of nitrogens with zero attached hydrogens (tertiary/aromatic N) is 1. The number of rotatable bonds is 2. The second kappa shape index (κ2) is 6.26. The van der Waals surface area contributed by atoms with E-state index in [0.29, 0.717) is 17.5 Å². The number of hydrogen-bond acceptors (Lipinski definition) is 2. The Bertz CT molecular complexity index is 1010. The lowest BCUT2D eigenvalue weighted by atomic mass is 10.0. The number of pyridine rings is 1. The van der Waals surface area contributed by atoms with E-state index in [1.165, 1.54) is 30.3 Å². The number of halogens is 6. The summed E-state index contributed by atoms with van der Waals surface area (Å²) in [5.41, 5.74) is -3.09. The number of aromatic nitrogens is 1. The molecule has 0 fully saturated rings. The quantitative estimate of drug-likeness (QED) is 0.581. The zero-order chi connectivity index (χ0) is 20.0. The molecule has 0 saturated heterocycles. The molecule has 9 heteroatoms. The van der Waals surface area contributed by atoms with Gasteiger partial charge in [-0.2, -0.15) is 26.3 Å². The monoisotopic (exact) mass is 385 g/mol. The van der Waals surface area contributed by atoms with Crippen molar-refractivity contribution in [3.63, 3.8) is 0 Å². The fraction of sp³-hybridized carbons (Fsp3) is 0.111. The third kappa shape index (κ3) is 3.86.